The van der Waals surface area contributed by atoms with Gasteiger partial charge in [0.15, 0.2) is 0 Å². The maximum absolute atomic E-state index is 12.2. The predicted molar refractivity (Wildman–Crippen MR) is 83.1 cm³/mol. The highest BCUT2D eigenvalue weighted by atomic mass is 79.9. The summed E-state index contributed by atoms with van der Waals surface area (Å²) in [6, 6.07) is 6.75. The van der Waals surface area contributed by atoms with Crippen LogP contribution in [0.1, 0.15) is 17.3 Å². The average Bonchev–Trinajstić information content (AvgIpc) is 2.43. The second-order valence-corrected chi connectivity index (χ2v) is 5.26. The summed E-state index contributed by atoms with van der Waals surface area (Å²) >= 11 is 3.37. The van der Waals surface area contributed by atoms with Gasteiger partial charge in [0.25, 0.3) is 5.91 Å². The molecule has 6 heteroatoms. The Labute approximate surface area is 124 Å². The van der Waals surface area contributed by atoms with Gasteiger partial charge in [-0.3, -0.25) is 9.59 Å². The standard InChI is InChI=1S/C14H16BrN3O2/c1-2-16-5-6-17-14(20)11-8-13(19)18-12-4-3-9(15)7-10(11)12/h3-4,7-8,16H,2,5-6H2,1H3,(H,17,20)(H,18,19). The van der Waals surface area contributed by atoms with E-state index in [2.05, 4.69) is 31.5 Å². The number of aromatic nitrogens is 1. The molecule has 2 aromatic rings. The smallest absolute Gasteiger partial charge is 0.252 e. The fourth-order valence-corrected chi connectivity index (χ4v) is 2.31. The predicted octanol–water partition coefficient (Wildman–Crippen LogP) is 1.63. The van der Waals surface area contributed by atoms with Gasteiger partial charge < -0.3 is 15.6 Å². The number of hydrogen-bond donors (Lipinski definition) is 3. The molecule has 0 aliphatic rings. The number of nitrogens with one attached hydrogen (secondary N) is 3. The number of rotatable bonds is 5. The van der Waals surface area contributed by atoms with Crippen LogP contribution in [0.2, 0.25) is 0 Å². The Morgan fingerprint density at radius 1 is 1.30 bits per heavy atom. The van der Waals surface area contributed by atoms with Crippen LogP contribution in [-0.2, 0) is 0 Å². The number of pyridine rings is 1. The molecule has 5 nitrogen and oxygen atoms in total. The number of amides is 1. The topological polar surface area (TPSA) is 74.0 Å². The van der Waals surface area contributed by atoms with E-state index >= 15 is 0 Å². The number of carbonyl (C=O) groups is 1. The first-order chi connectivity index (χ1) is 9.61. The zero-order valence-electron chi connectivity index (χ0n) is 11.1. The molecule has 0 bridgehead atoms. The second kappa shape index (κ2) is 6.67. The lowest BCUT2D eigenvalue weighted by atomic mass is 10.1. The SMILES string of the molecule is CCNCCNC(=O)c1cc(=O)[nH]c2ccc(Br)cc12. The molecule has 1 heterocycles. The summed E-state index contributed by atoms with van der Waals surface area (Å²) in [5.41, 5.74) is 0.760. The van der Waals surface area contributed by atoms with E-state index in [1.807, 2.05) is 19.1 Å². The number of H-pyrrole nitrogens is 1. The first-order valence-electron chi connectivity index (χ1n) is 6.43. The Kier molecular flexibility index (Phi) is 4.92. The number of benzene rings is 1. The Morgan fingerprint density at radius 2 is 2.10 bits per heavy atom. The maximum atomic E-state index is 12.2. The molecule has 1 amide bonds. The highest BCUT2D eigenvalue weighted by molar-refractivity contribution is 9.10. The van der Waals surface area contributed by atoms with Crippen LogP contribution in [-0.4, -0.2) is 30.5 Å². The lowest BCUT2D eigenvalue weighted by Gasteiger charge is -2.08. The first-order valence-corrected chi connectivity index (χ1v) is 7.22. The highest BCUT2D eigenvalue weighted by Gasteiger charge is 2.11. The highest BCUT2D eigenvalue weighted by Crippen LogP contribution is 2.20. The van der Waals surface area contributed by atoms with E-state index in [4.69, 9.17) is 0 Å². The Morgan fingerprint density at radius 3 is 2.85 bits per heavy atom. The minimum atomic E-state index is -0.281. The van der Waals surface area contributed by atoms with Crippen molar-refractivity contribution in [3.05, 3.63) is 44.7 Å². The molecule has 0 saturated carbocycles. The van der Waals surface area contributed by atoms with Crippen LogP contribution in [0.4, 0.5) is 0 Å². The third-order valence-corrected chi connectivity index (χ3v) is 3.38. The summed E-state index contributed by atoms with van der Waals surface area (Å²) in [7, 11) is 0. The van der Waals surface area contributed by atoms with Gasteiger partial charge in [0.05, 0.1) is 5.56 Å². The van der Waals surface area contributed by atoms with E-state index in [1.165, 1.54) is 6.07 Å². The van der Waals surface area contributed by atoms with Crippen molar-refractivity contribution in [3.63, 3.8) is 0 Å². The van der Waals surface area contributed by atoms with Gasteiger partial charge in [0.2, 0.25) is 5.56 Å². The van der Waals surface area contributed by atoms with E-state index in [0.717, 1.165) is 16.4 Å². The van der Waals surface area contributed by atoms with Gasteiger partial charge in [-0.05, 0) is 24.7 Å². The van der Waals surface area contributed by atoms with Crippen LogP contribution < -0.4 is 16.2 Å². The zero-order chi connectivity index (χ0) is 14.5. The molecule has 0 saturated heterocycles. The molecule has 1 aromatic carbocycles. The minimum Gasteiger partial charge on any atom is -0.351 e. The third-order valence-electron chi connectivity index (χ3n) is 2.89. The van der Waals surface area contributed by atoms with Crippen LogP contribution in [0.5, 0.6) is 0 Å². The number of likely N-dealkylation sites (N-methyl/N-ethyl adjacent to an activating group) is 1. The van der Waals surface area contributed by atoms with Gasteiger partial charge in [0, 0.05) is 34.5 Å². The molecular weight excluding hydrogens is 322 g/mol. The zero-order valence-corrected chi connectivity index (χ0v) is 12.7. The van der Waals surface area contributed by atoms with Crippen LogP contribution in [0.15, 0.2) is 33.5 Å². The Balaban J connectivity index is 2.30. The maximum Gasteiger partial charge on any atom is 0.252 e. The minimum absolute atomic E-state index is 0.239. The van der Waals surface area contributed by atoms with Crippen LogP contribution >= 0.6 is 15.9 Å². The molecule has 106 valence electrons. The van der Waals surface area contributed by atoms with Gasteiger partial charge in [-0.25, -0.2) is 0 Å². The van der Waals surface area contributed by atoms with E-state index in [9.17, 15) is 9.59 Å². The fourth-order valence-electron chi connectivity index (χ4n) is 1.95. The van der Waals surface area contributed by atoms with Crippen molar-refractivity contribution in [1.29, 1.82) is 0 Å². The molecule has 0 unspecified atom stereocenters. The molecule has 0 atom stereocenters. The summed E-state index contributed by atoms with van der Waals surface area (Å²) in [5, 5.41) is 6.65. The summed E-state index contributed by atoms with van der Waals surface area (Å²) in [5.74, 6) is -0.239. The normalized spacial score (nSPS) is 10.7. The quantitative estimate of drug-likeness (QED) is 0.726. The molecule has 1 aromatic heterocycles. The van der Waals surface area contributed by atoms with E-state index in [-0.39, 0.29) is 11.5 Å². The number of carbonyl (C=O) groups excluding carboxylic acids is 1. The van der Waals surface area contributed by atoms with E-state index < -0.39 is 0 Å². The van der Waals surface area contributed by atoms with Crippen LogP contribution in [0, 0.1) is 0 Å². The number of hydrogen-bond acceptors (Lipinski definition) is 3. The van der Waals surface area contributed by atoms with Gasteiger partial charge in [0.1, 0.15) is 0 Å². The van der Waals surface area contributed by atoms with E-state index in [1.54, 1.807) is 6.07 Å². The summed E-state index contributed by atoms with van der Waals surface area (Å²) < 4.78 is 0.860. The van der Waals surface area contributed by atoms with Crippen molar-refractivity contribution in [2.75, 3.05) is 19.6 Å². The summed E-state index contributed by atoms with van der Waals surface area (Å²) in [6.45, 7) is 4.09. The molecule has 2 rings (SSSR count). The monoisotopic (exact) mass is 337 g/mol. The van der Waals surface area contributed by atoms with Gasteiger partial charge >= 0.3 is 0 Å². The van der Waals surface area contributed by atoms with Crippen LogP contribution in [0.25, 0.3) is 10.9 Å². The van der Waals surface area contributed by atoms with Crippen LogP contribution in [0.3, 0.4) is 0 Å². The van der Waals surface area contributed by atoms with Crippen molar-refractivity contribution >= 4 is 32.7 Å². The average molecular weight is 338 g/mol. The molecule has 0 fully saturated rings. The summed E-state index contributed by atoms with van der Waals surface area (Å²) in [6.07, 6.45) is 0. The van der Waals surface area contributed by atoms with Crippen molar-refractivity contribution < 1.29 is 4.79 Å². The van der Waals surface area contributed by atoms with Gasteiger partial charge in [-0.15, -0.1) is 0 Å². The lowest BCUT2D eigenvalue weighted by molar-refractivity contribution is 0.0955. The summed E-state index contributed by atoms with van der Waals surface area (Å²) in [4.78, 5) is 26.5. The van der Waals surface area contributed by atoms with Gasteiger partial charge in [-0.2, -0.15) is 0 Å². The largest absolute Gasteiger partial charge is 0.351 e. The van der Waals surface area contributed by atoms with E-state index in [0.29, 0.717) is 24.2 Å². The van der Waals surface area contributed by atoms with Gasteiger partial charge in [-0.1, -0.05) is 22.9 Å². The Bertz CT molecular complexity index is 682. The van der Waals surface area contributed by atoms with Crippen molar-refractivity contribution in [2.24, 2.45) is 0 Å². The number of halogens is 1. The molecule has 0 aliphatic heterocycles. The molecule has 0 radical (unpaired) electrons. The Hall–Kier alpha value is -1.66. The van der Waals surface area contributed by atoms with Crippen molar-refractivity contribution in [3.8, 4) is 0 Å². The van der Waals surface area contributed by atoms with Crippen molar-refractivity contribution in [1.82, 2.24) is 15.6 Å². The van der Waals surface area contributed by atoms with Crippen molar-refractivity contribution in [2.45, 2.75) is 6.92 Å². The number of fused-ring (bicyclic) bond motifs is 1. The third kappa shape index (κ3) is 3.46. The number of aromatic amines is 1. The molecule has 0 spiro atoms. The molecule has 3 N–H and O–H groups in total. The first kappa shape index (κ1) is 14.7. The fraction of sp³-hybridized carbons (Fsp3) is 0.286. The molecule has 0 aliphatic carbocycles. The lowest BCUT2D eigenvalue weighted by Crippen LogP contribution is -2.32. The second-order valence-electron chi connectivity index (χ2n) is 4.35. The molecular formula is C14H16BrN3O2. The molecule has 20 heavy (non-hydrogen) atoms.